The first-order valence-electron chi connectivity index (χ1n) is 6.92. The maximum Gasteiger partial charge on any atom is 0.240 e. The second kappa shape index (κ2) is 8.24. The number of nitrogens with one attached hydrogen (secondary N) is 2. The summed E-state index contributed by atoms with van der Waals surface area (Å²) in [5, 5.41) is 3.28. The number of rotatable bonds is 9. The van der Waals surface area contributed by atoms with E-state index in [2.05, 4.69) is 17.0 Å². The fraction of sp³-hybridized carbons (Fsp3) is 0.571. The van der Waals surface area contributed by atoms with Crippen molar-refractivity contribution in [3.63, 3.8) is 0 Å². The molecule has 0 amide bonds. The van der Waals surface area contributed by atoms with Crippen molar-refractivity contribution < 1.29 is 13.2 Å². The van der Waals surface area contributed by atoms with Gasteiger partial charge >= 0.3 is 0 Å². The Morgan fingerprint density at radius 3 is 2.55 bits per heavy atom. The lowest BCUT2D eigenvalue weighted by Crippen LogP contribution is -2.25. The van der Waals surface area contributed by atoms with E-state index in [9.17, 15) is 8.42 Å². The molecule has 114 valence electrons. The van der Waals surface area contributed by atoms with Crippen LogP contribution < -0.4 is 14.8 Å². The van der Waals surface area contributed by atoms with Crippen LogP contribution in [-0.2, 0) is 16.4 Å². The Hall–Kier alpha value is -1.11. The Labute approximate surface area is 121 Å². The molecule has 0 unspecified atom stereocenters. The van der Waals surface area contributed by atoms with Crippen LogP contribution in [0.4, 0.5) is 0 Å². The molecular formula is C14H24N2O3S. The molecule has 0 atom stereocenters. The summed E-state index contributed by atoms with van der Waals surface area (Å²) in [6, 6.07) is 5.07. The van der Waals surface area contributed by atoms with Crippen LogP contribution in [0.5, 0.6) is 5.75 Å². The summed E-state index contributed by atoms with van der Waals surface area (Å²) in [6.07, 6.45) is 1.71. The van der Waals surface area contributed by atoms with Crippen molar-refractivity contribution in [2.45, 2.75) is 31.6 Å². The van der Waals surface area contributed by atoms with Crippen molar-refractivity contribution in [2.24, 2.45) is 0 Å². The maximum absolute atomic E-state index is 12.2. The molecule has 0 spiro atoms. The number of ether oxygens (including phenoxy) is 1. The molecule has 5 nitrogen and oxygen atoms in total. The molecule has 0 aliphatic heterocycles. The molecule has 0 radical (unpaired) electrons. The van der Waals surface area contributed by atoms with Crippen LogP contribution in [-0.4, -0.2) is 35.2 Å². The third kappa shape index (κ3) is 4.77. The Bertz CT molecular complexity index is 515. The lowest BCUT2D eigenvalue weighted by molar-refractivity contribution is 0.413. The van der Waals surface area contributed by atoms with E-state index >= 15 is 0 Å². The maximum atomic E-state index is 12.2. The van der Waals surface area contributed by atoms with E-state index in [0.29, 0.717) is 23.6 Å². The molecule has 0 aromatic heterocycles. The van der Waals surface area contributed by atoms with Gasteiger partial charge in [0.1, 0.15) is 5.75 Å². The lowest BCUT2D eigenvalue weighted by Gasteiger charge is -2.12. The van der Waals surface area contributed by atoms with Crippen LogP contribution in [0.15, 0.2) is 23.1 Å². The third-order valence-electron chi connectivity index (χ3n) is 2.89. The van der Waals surface area contributed by atoms with E-state index in [0.717, 1.165) is 25.1 Å². The molecule has 1 aromatic rings. The Morgan fingerprint density at radius 1 is 1.20 bits per heavy atom. The summed E-state index contributed by atoms with van der Waals surface area (Å²) < 4.78 is 32.0. The second-order valence-electron chi connectivity index (χ2n) is 4.47. The van der Waals surface area contributed by atoms with Gasteiger partial charge in [0, 0.05) is 6.54 Å². The smallest absolute Gasteiger partial charge is 0.240 e. The number of benzene rings is 1. The van der Waals surface area contributed by atoms with Gasteiger partial charge in [-0.2, -0.15) is 0 Å². The van der Waals surface area contributed by atoms with Crippen LogP contribution >= 0.6 is 0 Å². The van der Waals surface area contributed by atoms with Crippen molar-refractivity contribution >= 4 is 10.0 Å². The molecule has 0 fully saturated rings. The van der Waals surface area contributed by atoms with E-state index in [1.807, 2.05) is 0 Å². The van der Waals surface area contributed by atoms with E-state index in [-0.39, 0.29) is 0 Å². The molecule has 0 aliphatic rings. The molecule has 0 saturated heterocycles. The summed E-state index contributed by atoms with van der Waals surface area (Å²) in [5.74, 6) is 0.672. The molecule has 1 aromatic carbocycles. The van der Waals surface area contributed by atoms with Crippen LogP contribution in [0, 0.1) is 0 Å². The summed E-state index contributed by atoms with van der Waals surface area (Å²) >= 11 is 0. The Kier molecular flexibility index (Phi) is 6.98. The summed E-state index contributed by atoms with van der Waals surface area (Å²) in [4.78, 5) is 0.332. The molecule has 0 aliphatic carbocycles. The van der Waals surface area contributed by atoms with Gasteiger partial charge in [-0.3, -0.25) is 0 Å². The predicted octanol–water partition coefficient (Wildman–Crippen LogP) is 1.54. The number of sulfonamides is 1. The highest BCUT2D eigenvalue weighted by molar-refractivity contribution is 7.89. The second-order valence-corrected chi connectivity index (χ2v) is 6.21. The van der Waals surface area contributed by atoms with E-state index in [4.69, 9.17) is 4.74 Å². The monoisotopic (exact) mass is 300 g/mol. The first-order chi connectivity index (χ1) is 9.55. The quantitative estimate of drug-likeness (QED) is 0.679. The molecule has 2 N–H and O–H groups in total. The van der Waals surface area contributed by atoms with Gasteiger partial charge < -0.3 is 10.1 Å². The first kappa shape index (κ1) is 16.9. The summed E-state index contributed by atoms with van der Waals surface area (Å²) in [5.41, 5.74) is 0.772. The van der Waals surface area contributed by atoms with Gasteiger partial charge in [0.2, 0.25) is 10.0 Å². The fourth-order valence-corrected chi connectivity index (χ4v) is 3.22. The van der Waals surface area contributed by atoms with Gasteiger partial charge in [-0.15, -0.1) is 0 Å². The van der Waals surface area contributed by atoms with Gasteiger partial charge in [0.25, 0.3) is 0 Å². The van der Waals surface area contributed by atoms with E-state index < -0.39 is 10.0 Å². The molecule has 20 heavy (non-hydrogen) atoms. The molecule has 6 heteroatoms. The van der Waals surface area contributed by atoms with Crippen molar-refractivity contribution in [1.82, 2.24) is 10.0 Å². The summed E-state index contributed by atoms with van der Waals surface area (Å²) in [6.45, 7) is 5.92. The minimum Gasteiger partial charge on any atom is -0.497 e. The van der Waals surface area contributed by atoms with Crippen molar-refractivity contribution in [1.29, 1.82) is 0 Å². The zero-order valence-electron chi connectivity index (χ0n) is 12.4. The van der Waals surface area contributed by atoms with Crippen LogP contribution in [0.2, 0.25) is 0 Å². The van der Waals surface area contributed by atoms with Crippen molar-refractivity contribution in [3.8, 4) is 5.75 Å². The highest BCUT2D eigenvalue weighted by Gasteiger charge is 2.17. The van der Waals surface area contributed by atoms with Crippen LogP contribution in [0.1, 0.15) is 25.8 Å². The average Bonchev–Trinajstić information content (AvgIpc) is 2.43. The zero-order chi connectivity index (χ0) is 15.0. The molecule has 1 rings (SSSR count). The molecule has 0 bridgehead atoms. The highest BCUT2D eigenvalue weighted by Crippen LogP contribution is 2.22. The Balaban J connectivity index is 2.98. The number of hydrogen-bond acceptors (Lipinski definition) is 4. The Morgan fingerprint density at radius 2 is 1.95 bits per heavy atom. The zero-order valence-corrected chi connectivity index (χ0v) is 13.2. The predicted molar refractivity (Wildman–Crippen MR) is 80.7 cm³/mol. The van der Waals surface area contributed by atoms with Crippen LogP contribution in [0.25, 0.3) is 0 Å². The minimum absolute atomic E-state index is 0.332. The summed E-state index contributed by atoms with van der Waals surface area (Å²) in [7, 11) is -1.87. The normalized spacial score (nSPS) is 11.6. The largest absolute Gasteiger partial charge is 0.497 e. The van der Waals surface area contributed by atoms with Gasteiger partial charge in [-0.25, -0.2) is 13.1 Å². The lowest BCUT2D eigenvalue weighted by atomic mass is 10.1. The topological polar surface area (TPSA) is 67.4 Å². The first-order valence-corrected chi connectivity index (χ1v) is 8.40. The highest BCUT2D eigenvalue weighted by atomic mass is 32.2. The van der Waals surface area contributed by atoms with E-state index in [1.54, 1.807) is 32.2 Å². The standard InChI is InChI=1S/C14H24N2O3S/c1-4-9-15-10-8-12-11-13(19-3)6-7-14(12)20(17,18)16-5-2/h6-7,11,15-16H,4-5,8-10H2,1-3H3. The van der Waals surface area contributed by atoms with E-state index in [1.165, 1.54) is 0 Å². The van der Waals surface area contributed by atoms with Crippen LogP contribution in [0.3, 0.4) is 0 Å². The molecule has 0 saturated carbocycles. The number of methoxy groups -OCH3 is 1. The van der Waals surface area contributed by atoms with Gasteiger partial charge in [-0.1, -0.05) is 13.8 Å². The van der Waals surface area contributed by atoms with Gasteiger partial charge in [0.05, 0.1) is 12.0 Å². The number of hydrogen-bond donors (Lipinski definition) is 2. The third-order valence-corrected chi connectivity index (χ3v) is 4.54. The molecular weight excluding hydrogens is 276 g/mol. The van der Waals surface area contributed by atoms with Crippen molar-refractivity contribution in [2.75, 3.05) is 26.7 Å². The van der Waals surface area contributed by atoms with Crippen molar-refractivity contribution in [3.05, 3.63) is 23.8 Å². The van der Waals surface area contributed by atoms with Gasteiger partial charge in [-0.05, 0) is 49.7 Å². The fourth-order valence-electron chi connectivity index (χ4n) is 1.93. The SMILES string of the molecule is CCCNCCc1cc(OC)ccc1S(=O)(=O)NCC. The molecule has 0 heterocycles. The van der Waals surface area contributed by atoms with Gasteiger partial charge in [0.15, 0.2) is 0 Å². The minimum atomic E-state index is -3.44. The average molecular weight is 300 g/mol.